The van der Waals surface area contributed by atoms with Crippen LogP contribution in [-0.4, -0.2) is 44.7 Å². The summed E-state index contributed by atoms with van der Waals surface area (Å²) in [6.45, 7) is 0.352. The van der Waals surface area contributed by atoms with Gasteiger partial charge in [-0.15, -0.1) is 0 Å². The Morgan fingerprint density at radius 3 is 2.88 bits per heavy atom. The SMILES string of the molecule is COC[C@H]1OC(=O)N2c3ccc(OCCCC(F)(F)F)cc3CC[C@@H]12. The van der Waals surface area contributed by atoms with Crippen molar-refractivity contribution in [2.45, 2.75) is 44.0 Å². The molecule has 2 atom stereocenters. The fourth-order valence-corrected chi connectivity index (χ4v) is 3.32. The molecule has 8 heteroatoms. The second-order valence-electron chi connectivity index (χ2n) is 6.21. The fraction of sp³-hybridized carbons (Fsp3) is 0.588. The second kappa shape index (κ2) is 7.11. The van der Waals surface area contributed by atoms with Gasteiger partial charge in [0.2, 0.25) is 0 Å². The highest BCUT2D eigenvalue weighted by Gasteiger charge is 2.45. The molecule has 2 aliphatic rings. The average molecular weight is 359 g/mol. The summed E-state index contributed by atoms with van der Waals surface area (Å²) in [5, 5.41) is 0. The van der Waals surface area contributed by atoms with Crippen molar-refractivity contribution in [2.75, 3.05) is 25.2 Å². The minimum absolute atomic E-state index is 0.00257. The molecule has 0 saturated carbocycles. The monoisotopic (exact) mass is 359 g/mol. The van der Waals surface area contributed by atoms with E-state index in [2.05, 4.69) is 0 Å². The van der Waals surface area contributed by atoms with Crippen molar-refractivity contribution in [3.63, 3.8) is 0 Å². The number of alkyl halides is 3. The molecule has 5 nitrogen and oxygen atoms in total. The Morgan fingerprint density at radius 2 is 2.16 bits per heavy atom. The number of carbonyl (C=O) groups is 1. The zero-order chi connectivity index (χ0) is 18.0. The summed E-state index contributed by atoms with van der Waals surface area (Å²) in [4.78, 5) is 13.8. The van der Waals surface area contributed by atoms with E-state index in [1.165, 1.54) is 0 Å². The lowest BCUT2D eigenvalue weighted by Crippen LogP contribution is -2.41. The minimum Gasteiger partial charge on any atom is -0.494 e. The van der Waals surface area contributed by atoms with Crippen molar-refractivity contribution < 1.29 is 32.2 Å². The van der Waals surface area contributed by atoms with E-state index in [-0.39, 0.29) is 25.2 Å². The van der Waals surface area contributed by atoms with Gasteiger partial charge < -0.3 is 14.2 Å². The number of benzene rings is 1. The molecule has 3 rings (SSSR count). The molecule has 2 heterocycles. The first-order chi connectivity index (χ1) is 11.9. The van der Waals surface area contributed by atoms with E-state index in [1.807, 2.05) is 0 Å². The lowest BCUT2D eigenvalue weighted by Gasteiger charge is -2.31. The Balaban J connectivity index is 1.65. The van der Waals surface area contributed by atoms with E-state index in [1.54, 1.807) is 30.2 Å². The van der Waals surface area contributed by atoms with Crippen molar-refractivity contribution in [3.8, 4) is 5.75 Å². The van der Waals surface area contributed by atoms with Crippen LogP contribution in [0.25, 0.3) is 0 Å². The molecule has 138 valence electrons. The standard InChI is InChI=1S/C17H20F3NO4/c1-23-10-15-14-5-3-11-9-12(24-8-2-7-17(18,19)20)4-6-13(11)21(14)16(22)25-15/h4,6,9,14-15H,2-3,5,7-8,10H2,1H3/t14-,15+/m0/s1. The molecule has 0 aromatic heterocycles. The smallest absolute Gasteiger partial charge is 0.415 e. The number of hydrogen-bond acceptors (Lipinski definition) is 4. The predicted molar refractivity (Wildman–Crippen MR) is 84.0 cm³/mol. The Hall–Kier alpha value is -1.96. The number of halogens is 3. The Morgan fingerprint density at radius 1 is 1.36 bits per heavy atom. The number of ether oxygens (including phenoxy) is 3. The second-order valence-corrected chi connectivity index (χ2v) is 6.21. The topological polar surface area (TPSA) is 48.0 Å². The summed E-state index contributed by atoms with van der Waals surface area (Å²) in [6, 6.07) is 5.16. The van der Waals surface area contributed by atoms with Crippen LogP contribution in [0.4, 0.5) is 23.7 Å². The number of anilines is 1. The van der Waals surface area contributed by atoms with Crippen molar-refractivity contribution in [1.82, 2.24) is 0 Å². The third-order valence-electron chi connectivity index (χ3n) is 4.43. The summed E-state index contributed by atoms with van der Waals surface area (Å²) < 4.78 is 52.3. The van der Waals surface area contributed by atoms with E-state index in [0.717, 1.165) is 24.1 Å². The molecule has 1 aromatic rings. The molecular formula is C17H20F3NO4. The van der Waals surface area contributed by atoms with E-state index in [0.29, 0.717) is 12.4 Å². The van der Waals surface area contributed by atoms with Gasteiger partial charge in [-0.2, -0.15) is 13.2 Å². The summed E-state index contributed by atoms with van der Waals surface area (Å²) >= 11 is 0. The third kappa shape index (κ3) is 4.00. The van der Waals surface area contributed by atoms with Gasteiger partial charge in [0.1, 0.15) is 11.9 Å². The Bertz CT molecular complexity index is 635. The number of hydrogen-bond donors (Lipinski definition) is 0. The van der Waals surface area contributed by atoms with Crippen LogP contribution in [-0.2, 0) is 15.9 Å². The number of methoxy groups -OCH3 is 1. The maximum absolute atomic E-state index is 12.2. The molecule has 0 bridgehead atoms. The van der Waals surface area contributed by atoms with Gasteiger partial charge >= 0.3 is 12.3 Å². The van der Waals surface area contributed by atoms with E-state index < -0.39 is 18.7 Å². The summed E-state index contributed by atoms with van der Waals surface area (Å²) in [7, 11) is 1.57. The Kier molecular flexibility index (Phi) is 5.08. The van der Waals surface area contributed by atoms with Crippen LogP contribution in [0.3, 0.4) is 0 Å². The first-order valence-electron chi connectivity index (χ1n) is 8.20. The van der Waals surface area contributed by atoms with Gasteiger partial charge in [-0.25, -0.2) is 4.79 Å². The maximum atomic E-state index is 12.2. The van der Waals surface area contributed by atoms with Crippen LogP contribution in [0, 0.1) is 0 Å². The minimum atomic E-state index is -4.16. The van der Waals surface area contributed by atoms with Crippen LogP contribution in [0.15, 0.2) is 18.2 Å². The zero-order valence-corrected chi connectivity index (χ0v) is 13.8. The number of fused-ring (bicyclic) bond motifs is 3. The molecule has 2 aliphatic heterocycles. The molecule has 0 unspecified atom stereocenters. The van der Waals surface area contributed by atoms with Crippen molar-refractivity contribution >= 4 is 11.8 Å². The van der Waals surface area contributed by atoms with Gasteiger partial charge in [0.15, 0.2) is 0 Å². The quantitative estimate of drug-likeness (QED) is 0.727. The molecule has 0 aliphatic carbocycles. The lowest BCUT2D eigenvalue weighted by molar-refractivity contribution is -0.136. The van der Waals surface area contributed by atoms with Crippen molar-refractivity contribution in [2.24, 2.45) is 0 Å². The maximum Gasteiger partial charge on any atom is 0.415 e. The normalized spacial score (nSPS) is 22.4. The van der Waals surface area contributed by atoms with Gasteiger partial charge in [-0.1, -0.05) is 0 Å². The van der Waals surface area contributed by atoms with E-state index in [9.17, 15) is 18.0 Å². The first kappa shape index (κ1) is 17.8. The largest absolute Gasteiger partial charge is 0.494 e. The van der Waals surface area contributed by atoms with E-state index in [4.69, 9.17) is 14.2 Å². The van der Waals surface area contributed by atoms with Crippen LogP contribution in [0.2, 0.25) is 0 Å². The van der Waals surface area contributed by atoms with Gasteiger partial charge in [0, 0.05) is 13.5 Å². The number of rotatable bonds is 6. The fourth-order valence-electron chi connectivity index (χ4n) is 3.32. The molecule has 1 fully saturated rings. The highest BCUT2D eigenvalue weighted by atomic mass is 19.4. The molecule has 1 amide bonds. The van der Waals surface area contributed by atoms with E-state index >= 15 is 0 Å². The number of amides is 1. The molecule has 1 aromatic carbocycles. The van der Waals surface area contributed by atoms with Crippen LogP contribution in [0.1, 0.15) is 24.8 Å². The highest BCUT2D eigenvalue weighted by molar-refractivity contribution is 5.92. The predicted octanol–water partition coefficient (Wildman–Crippen LogP) is 3.69. The number of aryl methyl sites for hydroxylation is 1. The van der Waals surface area contributed by atoms with Gasteiger partial charge in [-0.05, 0) is 43.0 Å². The Labute approximate surface area is 143 Å². The molecule has 0 spiro atoms. The van der Waals surface area contributed by atoms with Gasteiger partial charge in [0.25, 0.3) is 0 Å². The van der Waals surface area contributed by atoms with Crippen LogP contribution >= 0.6 is 0 Å². The van der Waals surface area contributed by atoms with Gasteiger partial charge in [0.05, 0.1) is 24.9 Å². The van der Waals surface area contributed by atoms with Crippen LogP contribution < -0.4 is 9.64 Å². The van der Waals surface area contributed by atoms with Gasteiger partial charge in [-0.3, -0.25) is 4.90 Å². The van der Waals surface area contributed by atoms with Crippen molar-refractivity contribution in [1.29, 1.82) is 0 Å². The zero-order valence-electron chi connectivity index (χ0n) is 13.8. The molecule has 25 heavy (non-hydrogen) atoms. The number of cyclic esters (lactones) is 1. The molecule has 1 saturated heterocycles. The number of carbonyl (C=O) groups excluding carboxylic acids is 1. The average Bonchev–Trinajstić information content (AvgIpc) is 2.87. The summed E-state index contributed by atoms with van der Waals surface area (Å²) in [5.41, 5.74) is 1.70. The third-order valence-corrected chi connectivity index (χ3v) is 4.43. The van der Waals surface area contributed by atoms with Crippen LogP contribution in [0.5, 0.6) is 5.75 Å². The summed E-state index contributed by atoms with van der Waals surface area (Å²) in [5.74, 6) is 0.514. The lowest BCUT2D eigenvalue weighted by atomic mass is 9.94. The first-order valence-corrected chi connectivity index (χ1v) is 8.20. The van der Waals surface area contributed by atoms with Crippen molar-refractivity contribution in [3.05, 3.63) is 23.8 Å². The molecule has 0 radical (unpaired) electrons. The summed E-state index contributed by atoms with van der Waals surface area (Å²) in [6.07, 6.45) is -4.31. The highest BCUT2D eigenvalue weighted by Crippen LogP contribution is 2.38. The molecular weight excluding hydrogens is 339 g/mol. The molecule has 0 N–H and O–H groups in total. The number of nitrogens with zero attached hydrogens (tertiary/aromatic N) is 1.